The van der Waals surface area contributed by atoms with Crippen LogP contribution in [0.15, 0.2) is 0 Å². The van der Waals surface area contributed by atoms with Crippen molar-refractivity contribution in [1.82, 2.24) is 5.32 Å². The summed E-state index contributed by atoms with van der Waals surface area (Å²) in [5.74, 6) is 0. The lowest BCUT2D eigenvalue weighted by Crippen LogP contribution is -2.31. The number of thiocarbonyl (C=S) groups is 1. The van der Waals surface area contributed by atoms with Crippen LogP contribution in [0.5, 0.6) is 0 Å². The van der Waals surface area contributed by atoms with E-state index in [0.717, 1.165) is 0 Å². The number of rotatable bonds is 1. The molecule has 3 heteroatoms. The van der Waals surface area contributed by atoms with Crippen molar-refractivity contribution in [3.8, 4) is 0 Å². The highest BCUT2D eigenvalue weighted by molar-refractivity contribution is 8.11. The van der Waals surface area contributed by atoms with Gasteiger partial charge in [0, 0.05) is 6.04 Å². The second-order valence-corrected chi connectivity index (χ2v) is 4.65. The molecule has 1 nitrogen and oxygen atoms in total. The Morgan fingerprint density at radius 2 is 1.58 bits per heavy atom. The van der Waals surface area contributed by atoms with E-state index < -0.39 is 0 Å². The molecule has 0 aromatic heterocycles. The molecule has 0 radical (unpaired) electrons. The van der Waals surface area contributed by atoms with Crippen molar-refractivity contribution >= 4 is 29.2 Å². The maximum atomic E-state index is 4.91. The van der Waals surface area contributed by atoms with Crippen LogP contribution in [0.2, 0.25) is 0 Å². The van der Waals surface area contributed by atoms with E-state index >= 15 is 0 Å². The zero-order chi connectivity index (χ0) is 8.81. The normalized spacial score (nSPS) is 21.1. The molecule has 0 aliphatic heterocycles. The van der Waals surface area contributed by atoms with Crippen LogP contribution in [0.3, 0.4) is 0 Å². The van der Waals surface area contributed by atoms with Crippen molar-refractivity contribution < 1.29 is 0 Å². The molecule has 0 aromatic carbocycles. The second kappa shape index (κ2) is 5.81. The Balaban J connectivity index is 2.24. The fourth-order valence-electron chi connectivity index (χ4n) is 1.78. The maximum absolute atomic E-state index is 4.91. The topological polar surface area (TPSA) is 12.0 Å². The van der Waals surface area contributed by atoms with Gasteiger partial charge in [0.25, 0.3) is 0 Å². The SMILES string of the molecule is S=C(S)NC1CCCCCCC1. The number of nitrogens with one attached hydrogen (secondary N) is 1. The standard InChI is InChI=1S/C9H17NS2/c11-9(12)10-8-6-4-2-1-3-5-7-8/h8H,1-7H2,(H2,10,11,12). The Bertz CT molecular complexity index is 139. The fourth-order valence-corrected chi connectivity index (χ4v) is 2.12. The zero-order valence-electron chi connectivity index (χ0n) is 7.38. The first-order valence-electron chi connectivity index (χ1n) is 4.78. The van der Waals surface area contributed by atoms with Crippen LogP contribution >= 0.6 is 24.8 Å². The van der Waals surface area contributed by atoms with E-state index in [4.69, 9.17) is 12.2 Å². The van der Waals surface area contributed by atoms with E-state index in [9.17, 15) is 0 Å². The van der Waals surface area contributed by atoms with Crippen LogP contribution < -0.4 is 5.32 Å². The third-order valence-electron chi connectivity index (χ3n) is 2.43. The van der Waals surface area contributed by atoms with Gasteiger partial charge < -0.3 is 5.32 Å². The third-order valence-corrected chi connectivity index (χ3v) is 2.68. The Kier molecular flexibility index (Phi) is 5.00. The average Bonchev–Trinajstić information content (AvgIpc) is 1.93. The summed E-state index contributed by atoms with van der Waals surface area (Å²) in [6.45, 7) is 0. The van der Waals surface area contributed by atoms with Crippen molar-refractivity contribution in [3.63, 3.8) is 0 Å². The predicted octanol–water partition coefficient (Wildman–Crippen LogP) is 2.90. The van der Waals surface area contributed by atoms with Crippen molar-refractivity contribution in [2.24, 2.45) is 0 Å². The van der Waals surface area contributed by atoms with Gasteiger partial charge in [0.15, 0.2) is 0 Å². The van der Waals surface area contributed by atoms with Gasteiger partial charge in [-0.1, -0.05) is 44.3 Å². The summed E-state index contributed by atoms with van der Waals surface area (Å²) < 4.78 is 0.653. The predicted molar refractivity (Wildman–Crippen MR) is 60.8 cm³/mol. The molecule has 0 unspecified atom stereocenters. The lowest BCUT2D eigenvalue weighted by Gasteiger charge is -2.20. The third kappa shape index (κ3) is 4.31. The number of hydrogen-bond acceptors (Lipinski definition) is 1. The molecule has 0 atom stereocenters. The van der Waals surface area contributed by atoms with E-state index in [2.05, 4.69) is 17.9 Å². The highest BCUT2D eigenvalue weighted by atomic mass is 32.1. The van der Waals surface area contributed by atoms with Gasteiger partial charge in [0.2, 0.25) is 0 Å². The molecule has 0 aromatic rings. The Labute approximate surface area is 85.7 Å². The first-order valence-corrected chi connectivity index (χ1v) is 5.64. The van der Waals surface area contributed by atoms with Gasteiger partial charge in [-0.3, -0.25) is 0 Å². The van der Waals surface area contributed by atoms with Crippen molar-refractivity contribution in [2.75, 3.05) is 0 Å². The van der Waals surface area contributed by atoms with E-state index in [1.54, 1.807) is 0 Å². The van der Waals surface area contributed by atoms with Gasteiger partial charge >= 0.3 is 0 Å². The molecule has 1 aliphatic rings. The Morgan fingerprint density at radius 3 is 2.08 bits per heavy atom. The molecular weight excluding hydrogens is 186 g/mol. The van der Waals surface area contributed by atoms with Crippen molar-refractivity contribution in [3.05, 3.63) is 0 Å². The lowest BCUT2D eigenvalue weighted by molar-refractivity contribution is 0.431. The minimum absolute atomic E-state index is 0.593. The van der Waals surface area contributed by atoms with Gasteiger partial charge in [-0.15, -0.1) is 12.6 Å². The fraction of sp³-hybridized carbons (Fsp3) is 0.889. The summed E-state index contributed by atoms with van der Waals surface area (Å²) in [4.78, 5) is 0. The monoisotopic (exact) mass is 203 g/mol. The molecule has 0 saturated heterocycles. The minimum atomic E-state index is 0.593. The Hall–Kier alpha value is 0.240. The summed E-state index contributed by atoms with van der Waals surface area (Å²) in [6.07, 6.45) is 9.40. The maximum Gasteiger partial charge on any atom is 0.130 e. The van der Waals surface area contributed by atoms with E-state index in [-0.39, 0.29) is 0 Å². The molecule has 0 heterocycles. The molecule has 1 N–H and O–H groups in total. The van der Waals surface area contributed by atoms with Crippen molar-refractivity contribution in [2.45, 2.75) is 51.0 Å². The summed E-state index contributed by atoms with van der Waals surface area (Å²) >= 11 is 9.00. The van der Waals surface area contributed by atoms with E-state index in [0.29, 0.717) is 10.4 Å². The molecular formula is C9H17NS2. The molecule has 0 bridgehead atoms. The van der Waals surface area contributed by atoms with Gasteiger partial charge in [-0.05, 0) is 12.8 Å². The molecule has 70 valence electrons. The summed E-state index contributed by atoms with van der Waals surface area (Å²) in [6, 6.07) is 0.593. The molecule has 0 amide bonds. The van der Waals surface area contributed by atoms with Crippen LogP contribution in [-0.2, 0) is 0 Å². The lowest BCUT2D eigenvalue weighted by atomic mass is 9.97. The second-order valence-electron chi connectivity index (χ2n) is 3.49. The van der Waals surface area contributed by atoms with Crippen LogP contribution in [-0.4, -0.2) is 10.4 Å². The van der Waals surface area contributed by atoms with E-state index in [1.807, 2.05) is 0 Å². The highest BCUT2D eigenvalue weighted by Crippen LogP contribution is 2.17. The van der Waals surface area contributed by atoms with Gasteiger partial charge in [-0.2, -0.15) is 0 Å². The highest BCUT2D eigenvalue weighted by Gasteiger charge is 2.10. The van der Waals surface area contributed by atoms with Gasteiger partial charge in [0.1, 0.15) is 4.32 Å². The first-order chi connectivity index (χ1) is 5.79. The first kappa shape index (κ1) is 10.3. The average molecular weight is 203 g/mol. The van der Waals surface area contributed by atoms with Crippen LogP contribution in [0.4, 0.5) is 0 Å². The molecule has 0 spiro atoms. The minimum Gasteiger partial charge on any atom is -0.368 e. The smallest absolute Gasteiger partial charge is 0.130 e. The zero-order valence-corrected chi connectivity index (χ0v) is 9.09. The van der Waals surface area contributed by atoms with Crippen LogP contribution in [0.25, 0.3) is 0 Å². The van der Waals surface area contributed by atoms with Gasteiger partial charge in [-0.25, -0.2) is 0 Å². The quantitative estimate of drug-likeness (QED) is 0.502. The number of hydrogen-bond donors (Lipinski definition) is 2. The molecule has 1 saturated carbocycles. The largest absolute Gasteiger partial charge is 0.368 e. The summed E-state index contributed by atoms with van der Waals surface area (Å²) in [5.41, 5.74) is 0. The van der Waals surface area contributed by atoms with E-state index in [1.165, 1.54) is 44.9 Å². The molecule has 12 heavy (non-hydrogen) atoms. The molecule has 1 rings (SSSR count). The molecule has 1 aliphatic carbocycles. The molecule has 1 fully saturated rings. The summed E-state index contributed by atoms with van der Waals surface area (Å²) in [5, 5.41) is 3.25. The summed E-state index contributed by atoms with van der Waals surface area (Å²) in [7, 11) is 0. The Morgan fingerprint density at radius 1 is 1.08 bits per heavy atom. The van der Waals surface area contributed by atoms with Crippen LogP contribution in [0.1, 0.15) is 44.9 Å². The van der Waals surface area contributed by atoms with Crippen LogP contribution in [0, 0.1) is 0 Å². The van der Waals surface area contributed by atoms with Crippen molar-refractivity contribution in [1.29, 1.82) is 0 Å². The van der Waals surface area contributed by atoms with Gasteiger partial charge in [0.05, 0.1) is 0 Å². The number of thiol groups is 1.